The van der Waals surface area contributed by atoms with E-state index in [0.717, 1.165) is 6.42 Å². The van der Waals surface area contributed by atoms with E-state index in [9.17, 15) is 4.79 Å². The van der Waals surface area contributed by atoms with Crippen molar-refractivity contribution in [2.24, 2.45) is 5.92 Å². The molecule has 0 aliphatic rings. The predicted molar refractivity (Wildman–Crippen MR) is 70.0 cm³/mol. The number of carbonyl (C=O) groups excluding carboxylic acids is 1. The Balaban J connectivity index is 2.72. The van der Waals surface area contributed by atoms with Crippen LogP contribution in [0.5, 0.6) is 0 Å². The summed E-state index contributed by atoms with van der Waals surface area (Å²) in [4.78, 5) is 11.3. The lowest BCUT2D eigenvalue weighted by atomic mass is 9.86. The molecule has 0 saturated carbocycles. The molecule has 1 aromatic rings. The van der Waals surface area contributed by atoms with Gasteiger partial charge in [-0.2, -0.15) is 0 Å². The van der Waals surface area contributed by atoms with Crippen LogP contribution in [0.1, 0.15) is 38.8 Å². The summed E-state index contributed by atoms with van der Waals surface area (Å²) in [6, 6.07) is 8.47. The fourth-order valence-corrected chi connectivity index (χ4v) is 1.78. The molecular weight excluding hydrogens is 212 g/mol. The molecule has 1 unspecified atom stereocenters. The van der Waals surface area contributed by atoms with E-state index in [0.29, 0.717) is 0 Å². The Labute approximate surface area is 104 Å². The number of ether oxygens (including phenoxy) is 1. The van der Waals surface area contributed by atoms with Gasteiger partial charge >= 0.3 is 5.97 Å². The van der Waals surface area contributed by atoms with Gasteiger partial charge in [-0.3, -0.25) is 4.79 Å². The molecule has 0 aliphatic carbocycles. The molecule has 0 aliphatic heterocycles. The quantitative estimate of drug-likeness (QED) is 0.750. The molecule has 0 radical (unpaired) electrons. The van der Waals surface area contributed by atoms with Crippen LogP contribution in [0.3, 0.4) is 0 Å². The Morgan fingerprint density at radius 2 is 1.76 bits per heavy atom. The van der Waals surface area contributed by atoms with Gasteiger partial charge in [0.05, 0.1) is 13.0 Å². The van der Waals surface area contributed by atoms with Gasteiger partial charge in [-0.1, -0.05) is 52.0 Å². The fourth-order valence-electron chi connectivity index (χ4n) is 1.78. The van der Waals surface area contributed by atoms with Crippen LogP contribution in [0, 0.1) is 5.92 Å². The summed E-state index contributed by atoms with van der Waals surface area (Å²) in [5.41, 5.74) is 2.66. The maximum absolute atomic E-state index is 11.3. The third kappa shape index (κ3) is 3.88. The molecule has 0 bridgehead atoms. The van der Waals surface area contributed by atoms with Crippen LogP contribution in [0.25, 0.3) is 0 Å². The number of hydrogen-bond donors (Lipinski definition) is 0. The van der Waals surface area contributed by atoms with E-state index in [1.54, 1.807) is 0 Å². The van der Waals surface area contributed by atoms with Crippen molar-refractivity contribution >= 4 is 5.97 Å². The van der Waals surface area contributed by atoms with Crippen LogP contribution in [0.2, 0.25) is 0 Å². The molecule has 2 nitrogen and oxygen atoms in total. The van der Waals surface area contributed by atoms with Crippen molar-refractivity contribution in [2.75, 3.05) is 7.11 Å². The second-order valence-electron chi connectivity index (χ2n) is 5.58. The van der Waals surface area contributed by atoms with Crippen LogP contribution in [-0.4, -0.2) is 13.1 Å². The largest absolute Gasteiger partial charge is 0.469 e. The fraction of sp³-hybridized carbons (Fsp3) is 0.533. The topological polar surface area (TPSA) is 26.3 Å². The number of benzene rings is 1. The van der Waals surface area contributed by atoms with Crippen LogP contribution in [0.4, 0.5) is 0 Å². The molecule has 0 amide bonds. The second kappa shape index (κ2) is 5.35. The molecule has 94 valence electrons. The first-order valence-corrected chi connectivity index (χ1v) is 6.02. The molecule has 1 rings (SSSR count). The highest BCUT2D eigenvalue weighted by atomic mass is 16.5. The molecule has 0 heterocycles. The van der Waals surface area contributed by atoms with Gasteiger partial charge < -0.3 is 4.74 Å². The smallest absolute Gasteiger partial charge is 0.308 e. The maximum Gasteiger partial charge on any atom is 0.308 e. The highest BCUT2D eigenvalue weighted by molar-refractivity contribution is 5.72. The number of hydrogen-bond acceptors (Lipinski definition) is 2. The highest BCUT2D eigenvalue weighted by Crippen LogP contribution is 2.22. The summed E-state index contributed by atoms with van der Waals surface area (Å²) in [5, 5.41) is 0. The zero-order valence-corrected chi connectivity index (χ0v) is 11.4. The zero-order valence-electron chi connectivity index (χ0n) is 11.4. The average molecular weight is 234 g/mol. The Hall–Kier alpha value is -1.31. The van der Waals surface area contributed by atoms with Gasteiger partial charge in [-0.15, -0.1) is 0 Å². The molecule has 0 N–H and O–H groups in total. The minimum absolute atomic E-state index is 0.0829. The van der Waals surface area contributed by atoms with Crippen molar-refractivity contribution in [3.05, 3.63) is 35.4 Å². The Morgan fingerprint density at radius 3 is 2.18 bits per heavy atom. The maximum atomic E-state index is 11.3. The monoisotopic (exact) mass is 234 g/mol. The van der Waals surface area contributed by atoms with Crippen molar-refractivity contribution in [1.29, 1.82) is 0 Å². The lowest BCUT2D eigenvalue weighted by Crippen LogP contribution is -2.15. The van der Waals surface area contributed by atoms with Crippen LogP contribution < -0.4 is 0 Å². The SMILES string of the molecule is COC(=O)C(C)Cc1ccc(C(C)(C)C)cc1. The molecule has 0 spiro atoms. The summed E-state index contributed by atoms with van der Waals surface area (Å²) in [5.74, 6) is -0.231. The highest BCUT2D eigenvalue weighted by Gasteiger charge is 2.15. The molecule has 0 saturated heterocycles. The van der Waals surface area contributed by atoms with Gasteiger partial charge in [0.25, 0.3) is 0 Å². The van der Waals surface area contributed by atoms with E-state index < -0.39 is 0 Å². The first-order valence-electron chi connectivity index (χ1n) is 6.02. The summed E-state index contributed by atoms with van der Waals surface area (Å²) in [7, 11) is 1.43. The van der Waals surface area contributed by atoms with E-state index >= 15 is 0 Å². The number of carbonyl (C=O) groups is 1. The molecule has 1 atom stereocenters. The minimum Gasteiger partial charge on any atom is -0.469 e. The Bertz CT molecular complexity index is 371. The minimum atomic E-state index is -0.148. The van der Waals surface area contributed by atoms with Gasteiger partial charge in [0, 0.05) is 0 Å². The van der Waals surface area contributed by atoms with E-state index in [1.807, 2.05) is 6.92 Å². The zero-order chi connectivity index (χ0) is 13.1. The van der Waals surface area contributed by atoms with E-state index in [-0.39, 0.29) is 17.3 Å². The van der Waals surface area contributed by atoms with E-state index in [4.69, 9.17) is 4.74 Å². The molecule has 1 aromatic carbocycles. The predicted octanol–water partition coefficient (Wildman–Crippen LogP) is 3.34. The molecular formula is C15H22O2. The van der Waals surface area contributed by atoms with Gasteiger partial charge in [-0.05, 0) is 23.0 Å². The normalized spacial score (nSPS) is 13.2. The van der Waals surface area contributed by atoms with Crippen molar-refractivity contribution in [1.82, 2.24) is 0 Å². The second-order valence-corrected chi connectivity index (χ2v) is 5.58. The van der Waals surface area contributed by atoms with Gasteiger partial charge in [-0.25, -0.2) is 0 Å². The van der Waals surface area contributed by atoms with Crippen molar-refractivity contribution in [3.8, 4) is 0 Å². The van der Waals surface area contributed by atoms with Crippen LogP contribution in [0.15, 0.2) is 24.3 Å². The van der Waals surface area contributed by atoms with E-state index in [2.05, 4.69) is 45.0 Å². The summed E-state index contributed by atoms with van der Waals surface area (Å²) < 4.78 is 4.72. The number of methoxy groups -OCH3 is 1. The van der Waals surface area contributed by atoms with Crippen LogP contribution in [-0.2, 0) is 21.4 Å². The molecule has 0 fully saturated rings. The molecule has 2 heteroatoms. The van der Waals surface area contributed by atoms with Crippen molar-refractivity contribution < 1.29 is 9.53 Å². The summed E-state index contributed by atoms with van der Waals surface area (Å²) >= 11 is 0. The summed E-state index contributed by atoms with van der Waals surface area (Å²) in [6.45, 7) is 8.47. The van der Waals surface area contributed by atoms with E-state index in [1.165, 1.54) is 18.2 Å². The number of esters is 1. The number of rotatable bonds is 3. The van der Waals surface area contributed by atoms with Gasteiger partial charge in [0.1, 0.15) is 0 Å². The third-order valence-corrected chi connectivity index (χ3v) is 2.97. The van der Waals surface area contributed by atoms with Gasteiger partial charge in [0.2, 0.25) is 0 Å². The summed E-state index contributed by atoms with van der Waals surface area (Å²) in [6.07, 6.45) is 0.733. The standard InChI is InChI=1S/C15H22O2/c1-11(14(16)17-5)10-12-6-8-13(9-7-12)15(2,3)4/h6-9,11H,10H2,1-5H3. The van der Waals surface area contributed by atoms with Crippen LogP contribution >= 0.6 is 0 Å². The Morgan fingerprint density at radius 1 is 1.24 bits per heavy atom. The average Bonchev–Trinajstić information content (AvgIpc) is 2.27. The lowest BCUT2D eigenvalue weighted by molar-refractivity contribution is -0.144. The first-order chi connectivity index (χ1) is 7.84. The third-order valence-electron chi connectivity index (χ3n) is 2.97. The lowest BCUT2D eigenvalue weighted by Gasteiger charge is -2.19. The first kappa shape index (κ1) is 13.8. The van der Waals surface area contributed by atoms with Gasteiger partial charge in [0.15, 0.2) is 0 Å². The molecule has 0 aromatic heterocycles. The van der Waals surface area contributed by atoms with Crippen molar-refractivity contribution in [3.63, 3.8) is 0 Å². The Kier molecular flexibility index (Phi) is 4.33. The molecule has 17 heavy (non-hydrogen) atoms. The van der Waals surface area contributed by atoms with Crippen molar-refractivity contribution in [2.45, 2.75) is 39.5 Å².